The molecule has 0 atom stereocenters. The van der Waals surface area contributed by atoms with Crippen LogP contribution in [0.15, 0.2) is 11.6 Å². The Morgan fingerprint density at radius 3 is 1.16 bits per heavy atom. The molecule has 1 radical (unpaired) electrons. The molecule has 0 fully saturated rings. The van der Waals surface area contributed by atoms with E-state index in [1.807, 2.05) is 0 Å². The fourth-order valence-electron chi connectivity index (χ4n) is 4.44. The Morgan fingerprint density at radius 2 is 0.806 bits per heavy atom. The lowest BCUT2D eigenvalue weighted by atomic mass is 10.0. The maximum Gasteiger partial charge on any atom is 0.228 e. The molecule has 0 aromatic rings. The van der Waals surface area contributed by atoms with E-state index < -0.39 is 0 Å². The summed E-state index contributed by atoms with van der Waals surface area (Å²) < 4.78 is 0. The Bertz CT molecular complexity index is 371. The molecule has 0 saturated heterocycles. The van der Waals surface area contributed by atoms with Gasteiger partial charge in [0.25, 0.3) is 0 Å². The van der Waals surface area contributed by atoms with Gasteiger partial charge < -0.3 is 0 Å². The average molecular weight is 434 g/mol. The van der Waals surface area contributed by atoms with Crippen LogP contribution >= 0.6 is 0 Å². The highest BCUT2D eigenvalue weighted by Gasteiger charge is 1.99. The van der Waals surface area contributed by atoms with Crippen LogP contribution in [0.3, 0.4) is 0 Å². The highest BCUT2D eigenvalue weighted by Crippen LogP contribution is 2.15. The predicted octanol–water partition coefficient (Wildman–Crippen LogP) is 10.8. The van der Waals surface area contributed by atoms with Gasteiger partial charge in [0, 0.05) is 0 Å². The normalized spacial score (nSPS) is 11.9. The summed E-state index contributed by atoms with van der Waals surface area (Å²) >= 11 is 0. The summed E-state index contributed by atoms with van der Waals surface area (Å²) in [6.07, 6.45) is 38.0. The SMILES string of the molecule is CCCCCCCCCCCCC/C=C(/[C]=O)CCCCCCCCCCCCCC. The number of carbonyl (C=O) groups excluding carboxylic acids is 1. The standard InChI is InChI=1S/C30H57O/c1-3-5-7-9-11-13-15-17-19-21-23-25-27-30(29-31)28-26-24-22-20-18-16-14-12-10-8-6-4-2/h27H,3-26,28H2,1-2H3/b30-27+. The van der Waals surface area contributed by atoms with Gasteiger partial charge in [-0.1, -0.05) is 155 Å². The van der Waals surface area contributed by atoms with Gasteiger partial charge in [-0.25, -0.2) is 0 Å². The lowest BCUT2D eigenvalue weighted by molar-refractivity contribution is 0.541. The Kier molecular flexibility index (Phi) is 26.9. The van der Waals surface area contributed by atoms with Crippen LogP contribution in [0.4, 0.5) is 0 Å². The first-order valence-corrected chi connectivity index (χ1v) is 14.4. The monoisotopic (exact) mass is 433 g/mol. The highest BCUT2D eigenvalue weighted by molar-refractivity contribution is 5.73. The summed E-state index contributed by atoms with van der Waals surface area (Å²) in [6, 6.07) is 0. The fourth-order valence-corrected chi connectivity index (χ4v) is 4.44. The number of unbranched alkanes of at least 4 members (excludes halogenated alkanes) is 22. The molecule has 0 rings (SSSR count). The lowest BCUT2D eigenvalue weighted by Crippen LogP contribution is -1.88. The first-order chi connectivity index (χ1) is 15.3. The van der Waals surface area contributed by atoms with Gasteiger partial charge in [-0.05, 0) is 31.3 Å². The van der Waals surface area contributed by atoms with Crippen molar-refractivity contribution in [1.82, 2.24) is 0 Å². The molecule has 0 bridgehead atoms. The molecule has 0 aliphatic rings. The van der Waals surface area contributed by atoms with Crippen LogP contribution in [0.2, 0.25) is 0 Å². The maximum atomic E-state index is 11.2. The zero-order valence-corrected chi connectivity index (χ0v) is 21.7. The summed E-state index contributed by atoms with van der Waals surface area (Å²) in [5.74, 6) is 0. The maximum absolute atomic E-state index is 11.2. The second-order valence-electron chi connectivity index (χ2n) is 9.79. The van der Waals surface area contributed by atoms with E-state index in [9.17, 15) is 4.79 Å². The van der Waals surface area contributed by atoms with Crippen LogP contribution in [0.25, 0.3) is 0 Å². The van der Waals surface area contributed by atoms with E-state index in [1.165, 1.54) is 141 Å². The van der Waals surface area contributed by atoms with E-state index in [0.717, 1.165) is 24.8 Å². The van der Waals surface area contributed by atoms with Crippen LogP contribution in [-0.2, 0) is 4.79 Å². The van der Waals surface area contributed by atoms with E-state index in [1.54, 1.807) is 0 Å². The predicted molar refractivity (Wildman–Crippen MR) is 141 cm³/mol. The van der Waals surface area contributed by atoms with Crippen molar-refractivity contribution in [2.45, 2.75) is 174 Å². The first kappa shape index (κ1) is 30.4. The molecular weight excluding hydrogens is 376 g/mol. The third-order valence-electron chi connectivity index (χ3n) is 6.63. The fraction of sp³-hybridized carbons (Fsp3) is 0.900. The minimum absolute atomic E-state index is 0.930. The molecule has 0 unspecified atom stereocenters. The molecule has 0 heterocycles. The zero-order chi connectivity index (χ0) is 22.7. The van der Waals surface area contributed by atoms with Crippen molar-refractivity contribution in [2.24, 2.45) is 0 Å². The Balaban J connectivity index is 3.37. The smallest absolute Gasteiger partial charge is 0.228 e. The summed E-state index contributed by atoms with van der Waals surface area (Å²) in [6.45, 7) is 4.57. The minimum atomic E-state index is 0.930. The van der Waals surface area contributed by atoms with Crippen LogP contribution < -0.4 is 0 Å². The molecule has 0 N–H and O–H groups in total. The van der Waals surface area contributed by atoms with Crippen molar-refractivity contribution in [3.05, 3.63) is 11.6 Å². The topological polar surface area (TPSA) is 17.1 Å². The molecule has 183 valence electrons. The van der Waals surface area contributed by atoms with Crippen molar-refractivity contribution in [2.75, 3.05) is 0 Å². The molecule has 0 aliphatic heterocycles. The van der Waals surface area contributed by atoms with Crippen LogP contribution in [0.1, 0.15) is 174 Å². The molecule has 1 heteroatoms. The summed E-state index contributed by atoms with van der Waals surface area (Å²) in [5, 5.41) is 0. The van der Waals surface area contributed by atoms with Gasteiger partial charge in [-0.15, -0.1) is 0 Å². The third-order valence-corrected chi connectivity index (χ3v) is 6.63. The summed E-state index contributed by atoms with van der Waals surface area (Å²) in [4.78, 5) is 11.2. The van der Waals surface area contributed by atoms with E-state index in [4.69, 9.17) is 0 Å². The van der Waals surface area contributed by atoms with Crippen molar-refractivity contribution >= 4 is 6.29 Å². The second kappa shape index (κ2) is 27.4. The van der Waals surface area contributed by atoms with Crippen molar-refractivity contribution in [1.29, 1.82) is 0 Å². The number of hydrogen-bond acceptors (Lipinski definition) is 1. The lowest BCUT2D eigenvalue weighted by Gasteiger charge is -2.04. The Morgan fingerprint density at radius 1 is 0.484 bits per heavy atom. The first-order valence-electron chi connectivity index (χ1n) is 14.4. The minimum Gasteiger partial charge on any atom is -0.285 e. The Hall–Kier alpha value is -0.590. The molecule has 0 aromatic carbocycles. The second-order valence-corrected chi connectivity index (χ2v) is 9.79. The van der Waals surface area contributed by atoms with E-state index in [2.05, 4.69) is 26.2 Å². The molecule has 0 amide bonds. The number of allylic oxidation sites excluding steroid dienone is 2. The zero-order valence-electron chi connectivity index (χ0n) is 21.7. The Labute approximate surface area is 197 Å². The largest absolute Gasteiger partial charge is 0.285 e. The van der Waals surface area contributed by atoms with E-state index >= 15 is 0 Å². The molecule has 0 aromatic heterocycles. The number of hydrogen-bond donors (Lipinski definition) is 0. The van der Waals surface area contributed by atoms with Gasteiger partial charge in [0.05, 0.1) is 0 Å². The molecule has 1 nitrogen and oxygen atoms in total. The highest BCUT2D eigenvalue weighted by atomic mass is 16.1. The average Bonchev–Trinajstić information content (AvgIpc) is 2.79. The van der Waals surface area contributed by atoms with Crippen LogP contribution in [-0.4, -0.2) is 6.29 Å². The molecule has 0 spiro atoms. The summed E-state index contributed by atoms with van der Waals surface area (Å²) in [7, 11) is 0. The van der Waals surface area contributed by atoms with Gasteiger partial charge in [-0.2, -0.15) is 0 Å². The van der Waals surface area contributed by atoms with Gasteiger partial charge in [0.2, 0.25) is 6.29 Å². The van der Waals surface area contributed by atoms with Gasteiger partial charge in [-0.3, -0.25) is 4.79 Å². The van der Waals surface area contributed by atoms with E-state index in [-0.39, 0.29) is 0 Å². The quantitative estimate of drug-likeness (QED) is 0.0978. The van der Waals surface area contributed by atoms with Gasteiger partial charge >= 0.3 is 0 Å². The molecule has 31 heavy (non-hydrogen) atoms. The molecule has 0 saturated carbocycles. The van der Waals surface area contributed by atoms with Crippen molar-refractivity contribution < 1.29 is 4.79 Å². The van der Waals surface area contributed by atoms with Crippen LogP contribution in [0.5, 0.6) is 0 Å². The molecular formula is C30H57O. The van der Waals surface area contributed by atoms with Crippen molar-refractivity contribution in [3.63, 3.8) is 0 Å². The molecule has 0 aliphatic carbocycles. The van der Waals surface area contributed by atoms with Gasteiger partial charge in [0.1, 0.15) is 0 Å². The summed E-state index contributed by atoms with van der Waals surface area (Å²) in [5.41, 5.74) is 0.930. The third kappa shape index (κ3) is 25.5. The number of rotatable bonds is 26. The van der Waals surface area contributed by atoms with Crippen LogP contribution in [0, 0.1) is 0 Å². The van der Waals surface area contributed by atoms with Crippen molar-refractivity contribution in [3.8, 4) is 0 Å². The van der Waals surface area contributed by atoms with E-state index in [0.29, 0.717) is 0 Å². The van der Waals surface area contributed by atoms with Gasteiger partial charge in [0.15, 0.2) is 0 Å².